The second kappa shape index (κ2) is 6.62. The van der Waals surface area contributed by atoms with Gasteiger partial charge in [-0.3, -0.25) is 0 Å². The van der Waals surface area contributed by atoms with E-state index in [1.165, 1.54) is 6.07 Å². The molecule has 0 aliphatic carbocycles. The number of anilines is 1. The number of rotatable bonds is 3. The molecule has 0 heterocycles. The van der Waals surface area contributed by atoms with Crippen LogP contribution in [0.25, 0.3) is 5.57 Å². The number of nitrogens with zero attached hydrogens (tertiary/aromatic N) is 1. The SMILES string of the molecule is CC/C=C(\c1cc(C#N)c(C)cc1C)c1c(F)ccc(N)c1F. The second-order valence-electron chi connectivity index (χ2n) is 5.45. The lowest BCUT2D eigenvalue weighted by atomic mass is 9.90. The van der Waals surface area contributed by atoms with E-state index in [-0.39, 0.29) is 11.3 Å². The minimum atomic E-state index is -0.775. The Bertz CT molecular complexity index is 830. The third-order valence-corrected chi connectivity index (χ3v) is 3.78. The number of aryl methyl sites for hydroxylation is 2. The minimum Gasteiger partial charge on any atom is -0.396 e. The van der Waals surface area contributed by atoms with Gasteiger partial charge in [-0.05, 0) is 60.7 Å². The third-order valence-electron chi connectivity index (χ3n) is 3.78. The van der Waals surface area contributed by atoms with Crippen LogP contribution in [0.5, 0.6) is 0 Å². The average Bonchev–Trinajstić information content (AvgIpc) is 2.51. The van der Waals surface area contributed by atoms with Crippen molar-refractivity contribution < 1.29 is 8.78 Å². The summed E-state index contributed by atoms with van der Waals surface area (Å²) in [6.45, 7) is 5.58. The average molecular weight is 312 g/mol. The fraction of sp³-hybridized carbons (Fsp3) is 0.211. The number of nitrogen functional groups attached to an aromatic ring is 1. The summed E-state index contributed by atoms with van der Waals surface area (Å²) < 4.78 is 28.7. The summed E-state index contributed by atoms with van der Waals surface area (Å²) >= 11 is 0. The maximum absolute atomic E-state index is 14.4. The Labute approximate surface area is 134 Å². The molecule has 2 rings (SSSR count). The van der Waals surface area contributed by atoms with E-state index in [0.29, 0.717) is 23.1 Å². The highest BCUT2D eigenvalue weighted by Gasteiger charge is 2.19. The van der Waals surface area contributed by atoms with Gasteiger partial charge in [0, 0.05) is 0 Å². The number of halogens is 2. The first-order valence-electron chi connectivity index (χ1n) is 7.36. The molecule has 0 aliphatic heterocycles. The molecule has 0 unspecified atom stereocenters. The zero-order chi connectivity index (χ0) is 17.1. The van der Waals surface area contributed by atoms with Crippen LogP contribution in [0.2, 0.25) is 0 Å². The lowest BCUT2D eigenvalue weighted by molar-refractivity contribution is 0.580. The lowest BCUT2D eigenvalue weighted by Gasteiger charge is -2.15. The van der Waals surface area contributed by atoms with Gasteiger partial charge < -0.3 is 5.73 Å². The fourth-order valence-corrected chi connectivity index (χ4v) is 2.63. The molecule has 2 N–H and O–H groups in total. The van der Waals surface area contributed by atoms with Crippen LogP contribution in [0.4, 0.5) is 14.5 Å². The molecule has 0 aliphatic rings. The van der Waals surface area contributed by atoms with E-state index in [0.717, 1.165) is 17.2 Å². The van der Waals surface area contributed by atoms with Crippen LogP contribution in [0, 0.1) is 36.8 Å². The largest absolute Gasteiger partial charge is 0.396 e. The monoisotopic (exact) mass is 312 g/mol. The Morgan fingerprint density at radius 2 is 1.91 bits per heavy atom. The van der Waals surface area contributed by atoms with Crippen molar-refractivity contribution in [2.45, 2.75) is 27.2 Å². The van der Waals surface area contributed by atoms with Crippen molar-refractivity contribution in [3.05, 3.63) is 69.8 Å². The first-order chi connectivity index (χ1) is 10.9. The van der Waals surface area contributed by atoms with Crippen LogP contribution >= 0.6 is 0 Å². The van der Waals surface area contributed by atoms with Gasteiger partial charge in [-0.1, -0.05) is 19.1 Å². The van der Waals surface area contributed by atoms with Gasteiger partial charge in [-0.25, -0.2) is 8.78 Å². The molecule has 0 saturated carbocycles. The Hall–Kier alpha value is -2.67. The highest BCUT2D eigenvalue weighted by atomic mass is 19.1. The molecular formula is C19H18F2N2. The first kappa shape index (κ1) is 16.7. The summed E-state index contributed by atoms with van der Waals surface area (Å²) in [5.41, 5.74) is 8.57. The lowest BCUT2D eigenvalue weighted by Crippen LogP contribution is -2.03. The van der Waals surface area contributed by atoms with Gasteiger partial charge in [0.05, 0.1) is 22.9 Å². The van der Waals surface area contributed by atoms with E-state index < -0.39 is 11.6 Å². The van der Waals surface area contributed by atoms with Crippen LogP contribution in [-0.2, 0) is 0 Å². The van der Waals surface area contributed by atoms with Crippen molar-refractivity contribution >= 4 is 11.3 Å². The van der Waals surface area contributed by atoms with E-state index in [9.17, 15) is 14.0 Å². The summed E-state index contributed by atoms with van der Waals surface area (Å²) in [6.07, 6.45) is 2.35. The van der Waals surface area contributed by atoms with Gasteiger partial charge in [0.2, 0.25) is 0 Å². The number of hydrogen-bond donors (Lipinski definition) is 1. The molecular weight excluding hydrogens is 294 g/mol. The molecule has 2 aromatic carbocycles. The van der Waals surface area contributed by atoms with Crippen molar-refractivity contribution in [1.29, 1.82) is 5.26 Å². The molecule has 2 aromatic rings. The third kappa shape index (κ3) is 3.09. The molecule has 0 bridgehead atoms. The summed E-state index contributed by atoms with van der Waals surface area (Å²) in [5.74, 6) is -1.45. The molecule has 0 saturated heterocycles. The van der Waals surface area contributed by atoms with E-state index in [4.69, 9.17) is 5.73 Å². The van der Waals surface area contributed by atoms with Gasteiger partial charge >= 0.3 is 0 Å². The smallest absolute Gasteiger partial charge is 0.156 e. The van der Waals surface area contributed by atoms with Crippen molar-refractivity contribution in [3.8, 4) is 6.07 Å². The molecule has 2 nitrogen and oxygen atoms in total. The Balaban J connectivity index is 2.79. The molecule has 0 radical (unpaired) electrons. The number of nitriles is 1. The number of nitrogens with two attached hydrogens (primary N) is 1. The molecule has 118 valence electrons. The van der Waals surface area contributed by atoms with Gasteiger partial charge in [-0.15, -0.1) is 0 Å². The zero-order valence-corrected chi connectivity index (χ0v) is 13.4. The van der Waals surface area contributed by atoms with E-state index in [2.05, 4.69) is 6.07 Å². The molecule has 0 aromatic heterocycles. The topological polar surface area (TPSA) is 49.8 Å². The minimum absolute atomic E-state index is 0.103. The summed E-state index contributed by atoms with van der Waals surface area (Å²) in [5, 5.41) is 9.23. The van der Waals surface area contributed by atoms with Gasteiger partial charge in [-0.2, -0.15) is 5.26 Å². The fourth-order valence-electron chi connectivity index (χ4n) is 2.63. The highest BCUT2D eigenvalue weighted by Crippen LogP contribution is 2.33. The van der Waals surface area contributed by atoms with Crippen LogP contribution in [0.1, 0.15) is 41.2 Å². The predicted molar refractivity (Wildman–Crippen MR) is 88.8 cm³/mol. The second-order valence-corrected chi connectivity index (χ2v) is 5.45. The van der Waals surface area contributed by atoms with Gasteiger partial charge in [0.25, 0.3) is 0 Å². The van der Waals surface area contributed by atoms with Crippen LogP contribution in [0.15, 0.2) is 30.3 Å². The van der Waals surface area contributed by atoms with E-state index >= 15 is 0 Å². The van der Waals surface area contributed by atoms with Gasteiger partial charge in [0.1, 0.15) is 5.82 Å². The van der Waals surface area contributed by atoms with E-state index in [1.54, 1.807) is 12.1 Å². The summed E-state index contributed by atoms with van der Waals surface area (Å²) in [4.78, 5) is 0. The Morgan fingerprint density at radius 3 is 2.52 bits per heavy atom. The first-order valence-corrected chi connectivity index (χ1v) is 7.36. The quantitative estimate of drug-likeness (QED) is 0.821. The standard InChI is InChI=1S/C19H18F2N2/c1-4-5-14(18-16(20)6-7-17(23)19(18)21)15-9-13(10-22)11(2)8-12(15)3/h5-9H,4,23H2,1-3H3/b14-5+. The molecule has 0 spiro atoms. The molecule has 0 amide bonds. The summed E-state index contributed by atoms with van der Waals surface area (Å²) in [7, 11) is 0. The van der Waals surface area contributed by atoms with Crippen LogP contribution < -0.4 is 5.73 Å². The molecule has 0 fully saturated rings. The van der Waals surface area contributed by atoms with Crippen LogP contribution in [-0.4, -0.2) is 0 Å². The predicted octanol–water partition coefficient (Wildman–Crippen LogP) is 4.88. The number of hydrogen-bond acceptors (Lipinski definition) is 2. The number of allylic oxidation sites excluding steroid dienone is 1. The number of benzene rings is 2. The van der Waals surface area contributed by atoms with Crippen LogP contribution in [0.3, 0.4) is 0 Å². The van der Waals surface area contributed by atoms with Crippen molar-refractivity contribution in [2.24, 2.45) is 0 Å². The summed E-state index contributed by atoms with van der Waals surface area (Å²) in [6, 6.07) is 8.00. The van der Waals surface area contributed by atoms with Gasteiger partial charge in [0.15, 0.2) is 5.82 Å². The highest BCUT2D eigenvalue weighted by molar-refractivity contribution is 5.84. The van der Waals surface area contributed by atoms with Crippen molar-refractivity contribution in [1.82, 2.24) is 0 Å². The molecule has 0 atom stereocenters. The van der Waals surface area contributed by atoms with Crippen molar-refractivity contribution in [2.75, 3.05) is 5.73 Å². The zero-order valence-electron chi connectivity index (χ0n) is 13.4. The Morgan fingerprint density at radius 1 is 1.22 bits per heavy atom. The van der Waals surface area contributed by atoms with Crippen molar-refractivity contribution in [3.63, 3.8) is 0 Å². The Kier molecular flexibility index (Phi) is 4.80. The van der Waals surface area contributed by atoms with E-state index in [1.807, 2.05) is 26.8 Å². The maximum atomic E-state index is 14.4. The molecule has 23 heavy (non-hydrogen) atoms. The molecule has 4 heteroatoms. The maximum Gasteiger partial charge on any atom is 0.156 e. The normalized spacial score (nSPS) is 11.4.